The second kappa shape index (κ2) is 5.99. The lowest BCUT2D eigenvalue weighted by Crippen LogP contribution is -2.17. The molecule has 0 spiro atoms. The monoisotopic (exact) mass is 245 g/mol. The zero-order valence-corrected chi connectivity index (χ0v) is 11.3. The van der Waals surface area contributed by atoms with E-state index in [1.807, 2.05) is 0 Å². The molecule has 0 radical (unpaired) electrons. The third-order valence-corrected chi connectivity index (χ3v) is 3.93. The average molecular weight is 245 g/mol. The van der Waals surface area contributed by atoms with Crippen LogP contribution in [0.25, 0.3) is 0 Å². The van der Waals surface area contributed by atoms with E-state index in [2.05, 4.69) is 60.9 Å². The van der Waals surface area contributed by atoms with E-state index in [-0.39, 0.29) is 0 Å². The summed E-state index contributed by atoms with van der Waals surface area (Å²) in [5, 5.41) is 5.67. The summed E-state index contributed by atoms with van der Waals surface area (Å²) in [4.78, 5) is 1.39. The lowest BCUT2D eigenvalue weighted by Gasteiger charge is -2.14. The molecule has 1 aromatic heterocycles. The van der Waals surface area contributed by atoms with Crippen molar-refractivity contribution in [1.82, 2.24) is 5.32 Å². The van der Waals surface area contributed by atoms with Crippen LogP contribution in [0, 0.1) is 0 Å². The van der Waals surface area contributed by atoms with Gasteiger partial charge in [0.2, 0.25) is 0 Å². The second-order valence-electron chi connectivity index (χ2n) is 4.28. The molecule has 1 unspecified atom stereocenters. The van der Waals surface area contributed by atoms with Gasteiger partial charge in [-0.3, -0.25) is 0 Å². The van der Waals surface area contributed by atoms with Crippen molar-refractivity contribution in [3.8, 4) is 0 Å². The molecule has 1 aromatic carbocycles. The summed E-state index contributed by atoms with van der Waals surface area (Å²) in [7, 11) is 0. The van der Waals surface area contributed by atoms with E-state index in [4.69, 9.17) is 0 Å². The van der Waals surface area contributed by atoms with Gasteiger partial charge in [-0.2, -0.15) is 0 Å². The number of hydrogen-bond donors (Lipinski definition) is 1. The predicted octanol–water partition coefficient (Wildman–Crippen LogP) is 4.16. The van der Waals surface area contributed by atoms with Crippen molar-refractivity contribution in [2.45, 2.75) is 32.9 Å². The molecule has 0 saturated carbocycles. The SMILES string of the molecule is CCc1ccc(C(C)NCc2cccs2)cc1. The highest BCUT2D eigenvalue weighted by atomic mass is 32.1. The zero-order chi connectivity index (χ0) is 12.1. The highest BCUT2D eigenvalue weighted by molar-refractivity contribution is 7.09. The minimum absolute atomic E-state index is 0.406. The minimum Gasteiger partial charge on any atom is -0.305 e. The summed E-state index contributed by atoms with van der Waals surface area (Å²) in [6, 6.07) is 13.6. The highest BCUT2D eigenvalue weighted by Crippen LogP contribution is 2.15. The van der Waals surface area contributed by atoms with Crippen LogP contribution in [0.3, 0.4) is 0 Å². The lowest BCUT2D eigenvalue weighted by atomic mass is 10.1. The summed E-state index contributed by atoms with van der Waals surface area (Å²) in [6.07, 6.45) is 1.11. The molecule has 1 nitrogen and oxygen atoms in total. The molecule has 2 rings (SSSR count). The number of hydrogen-bond acceptors (Lipinski definition) is 2. The van der Waals surface area contributed by atoms with Gasteiger partial charge in [-0.15, -0.1) is 11.3 Å². The highest BCUT2D eigenvalue weighted by Gasteiger charge is 2.04. The van der Waals surface area contributed by atoms with Crippen molar-refractivity contribution in [2.75, 3.05) is 0 Å². The maximum Gasteiger partial charge on any atom is 0.0305 e. The summed E-state index contributed by atoms with van der Waals surface area (Å²) < 4.78 is 0. The van der Waals surface area contributed by atoms with Gasteiger partial charge in [-0.25, -0.2) is 0 Å². The smallest absolute Gasteiger partial charge is 0.0305 e. The Labute approximate surface area is 108 Å². The van der Waals surface area contributed by atoms with Gasteiger partial charge >= 0.3 is 0 Å². The molecule has 1 atom stereocenters. The molecule has 1 heterocycles. The molecule has 0 fully saturated rings. The average Bonchev–Trinajstić information content (AvgIpc) is 2.89. The number of nitrogens with one attached hydrogen (secondary N) is 1. The molecule has 1 N–H and O–H groups in total. The first-order valence-electron chi connectivity index (χ1n) is 6.14. The molecule has 17 heavy (non-hydrogen) atoms. The number of thiophene rings is 1. The Morgan fingerprint density at radius 2 is 1.94 bits per heavy atom. The third kappa shape index (κ3) is 3.42. The normalized spacial score (nSPS) is 12.6. The van der Waals surface area contributed by atoms with Crippen molar-refractivity contribution in [3.63, 3.8) is 0 Å². The van der Waals surface area contributed by atoms with Crippen molar-refractivity contribution < 1.29 is 0 Å². The fourth-order valence-corrected chi connectivity index (χ4v) is 2.48. The van der Waals surface area contributed by atoms with Crippen LogP contribution in [0.2, 0.25) is 0 Å². The van der Waals surface area contributed by atoms with Crippen molar-refractivity contribution in [1.29, 1.82) is 0 Å². The molecule has 2 aromatic rings. The Hall–Kier alpha value is -1.12. The second-order valence-corrected chi connectivity index (χ2v) is 5.31. The lowest BCUT2D eigenvalue weighted by molar-refractivity contribution is 0.579. The molecule has 0 amide bonds. The third-order valence-electron chi connectivity index (χ3n) is 3.05. The first-order chi connectivity index (χ1) is 8.29. The maximum absolute atomic E-state index is 3.55. The Bertz CT molecular complexity index is 430. The van der Waals surface area contributed by atoms with E-state index in [9.17, 15) is 0 Å². The molecule has 90 valence electrons. The quantitative estimate of drug-likeness (QED) is 0.834. The van der Waals surface area contributed by atoms with E-state index < -0.39 is 0 Å². The number of aryl methyl sites for hydroxylation is 1. The first-order valence-corrected chi connectivity index (χ1v) is 7.02. The van der Waals surface area contributed by atoms with Crippen LogP contribution in [0.15, 0.2) is 41.8 Å². The van der Waals surface area contributed by atoms with Gasteiger partial charge in [0.15, 0.2) is 0 Å². The predicted molar refractivity (Wildman–Crippen MR) is 75.4 cm³/mol. The van der Waals surface area contributed by atoms with Gasteiger partial charge in [0.25, 0.3) is 0 Å². The summed E-state index contributed by atoms with van der Waals surface area (Å²) in [5.41, 5.74) is 2.76. The first kappa shape index (κ1) is 12.3. The fraction of sp³-hybridized carbons (Fsp3) is 0.333. The van der Waals surface area contributed by atoms with Gasteiger partial charge < -0.3 is 5.32 Å². The topological polar surface area (TPSA) is 12.0 Å². The summed E-state index contributed by atoms with van der Waals surface area (Å²) >= 11 is 1.80. The fourth-order valence-electron chi connectivity index (χ4n) is 1.83. The molecule has 0 aliphatic heterocycles. The Morgan fingerprint density at radius 3 is 2.53 bits per heavy atom. The van der Waals surface area contributed by atoms with E-state index in [0.717, 1.165) is 13.0 Å². The molecule has 0 saturated heterocycles. The van der Waals surface area contributed by atoms with Crippen LogP contribution in [-0.2, 0) is 13.0 Å². The molecule has 0 aliphatic carbocycles. The van der Waals surface area contributed by atoms with E-state index in [0.29, 0.717) is 6.04 Å². The van der Waals surface area contributed by atoms with Gasteiger partial charge in [-0.1, -0.05) is 37.3 Å². The Kier molecular flexibility index (Phi) is 4.35. The summed E-state index contributed by atoms with van der Waals surface area (Å²) in [6.45, 7) is 5.36. The largest absolute Gasteiger partial charge is 0.305 e. The molecular formula is C15H19NS. The van der Waals surface area contributed by atoms with Crippen LogP contribution >= 0.6 is 11.3 Å². The van der Waals surface area contributed by atoms with Gasteiger partial charge in [0, 0.05) is 17.5 Å². The number of rotatable bonds is 5. The molecule has 0 aliphatic rings. The van der Waals surface area contributed by atoms with Crippen LogP contribution in [0.5, 0.6) is 0 Å². The van der Waals surface area contributed by atoms with Crippen LogP contribution in [0.4, 0.5) is 0 Å². The van der Waals surface area contributed by atoms with Crippen LogP contribution in [-0.4, -0.2) is 0 Å². The molecular weight excluding hydrogens is 226 g/mol. The van der Waals surface area contributed by atoms with Crippen molar-refractivity contribution in [2.24, 2.45) is 0 Å². The van der Waals surface area contributed by atoms with Crippen LogP contribution in [0.1, 0.15) is 35.9 Å². The molecule has 2 heteroatoms. The Balaban J connectivity index is 1.92. The van der Waals surface area contributed by atoms with E-state index in [1.165, 1.54) is 16.0 Å². The van der Waals surface area contributed by atoms with E-state index >= 15 is 0 Å². The number of benzene rings is 1. The standard InChI is InChI=1S/C15H19NS/c1-3-13-6-8-14(9-7-13)12(2)16-11-15-5-4-10-17-15/h4-10,12,16H,3,11H2,1-2H3. The zero-order valence-electron chi connectivity index (χ0n) is 10.4. The minimum atomic E-state index is 0.406. The molecule has 0 bridgehead atoms. The van der Waals surface area contributed by atoms with Crippen LogP contribution < -0.4 is 5.32 Å². The van der Waals surface area contributed by atoms with E-state index in [1.54, 1.807) is 11.3 Å². The van der Waals surface area contributed by atoms with Gasteiger partial charge in [0.05, 0.1) is 0 Å². The van der Waals surface area contributed by atoms with Gasteiger partial charge in [-0.05, 0) is 35.9 Å². The van der Waals surface area contributed by atoms with Gasteiger partial charge in [0.1, 0.15) is 0 Å². The van der Waals surface area contributed by atoms with Crippen molar-refractivity contribution >= 4 is 11.3 Å². The Morgan fingerprint density at radius 1 is 1.18 bits per heavy atom. The van der Waals surface area contributed by atoms with Crippen molar-refractivity contribution in [3.05, 3.63) is 57.8 Å². The summed E-state index contributed by atoms with van der Waals surface area (Å²) in [5.74, 6) is 0. The maximum atomic E-state index is 3.55.